The molecule has 0 bridgehead atoms. The minimum atomic E-state index is 0.138. The van der Waals surface area contributed by atoms with Crippen molar-refractivity contribution in [3.63, 3.8) is 0 Å². The molecule has 2 unspecified atom stereocenters. The molecule has 1 rings (SSSR count). The number of rotatable bonds is 7. The quantitative estimate of drug-likeness (QED) is 0.786. The molecule has 2 atom stereocenters. The highest BCUT2D eigenvalue weighted by Gasteiger charge is 2.21. The van der Waals surface area contributed by atoms with Gasteiger partial charge in [0.2, 0.25) is 5.75 Å². The van der Waals surface area contributed by atoms with Crippen LogP contribution < -0.4 is 25.3 Å². The minimum Gasteiger partial charge on any atom is -0.493 e. The van der Waals surface area contributed by atoms with Gasteiger partial charge >= 0.3 is 0 Å². The topological polar surface area (TPSA) is 65.7 Å². The monoisotopic (exact) mass is 268 g/mol. The molecule has 19 heavy (non-hydrogen) atoms. The summed E-state index contributed by atoms with van der Waals surface area (Å²) in [5.74, 6) is 2.21. The predicted molar refractivity (Wildman–Crippen MR) is 76.1 cm³/mol. The average molecular weight is 268 g/mol. The van der Waals surface area contributed by atoms with Crippen molar-refractivity contribution in [1.82, 2.24) is 5.32 Å². The van der Waals surface area contributed by atoms with Crippen LogP contribution in [0, 0.1) is 5.92 Å². The third-order valence-corrected chi connectivity index (χ3v) is 3.30. The Morgan fingerprint density at radius 1 is 1.11 bits per heavy atom. The fraction of sp³-hybridized carbons (Fsp3) is 0.571. The standard InChI is InChI=1S/C14H24N2O3/c1-9(8-15)13(16-2)10-6-11(17-3)14(19-5)12(7-10)18-4/h6-7,9,13,16H,8,15H2,1-5H3. The third-order valence-electron chi connectivity index (χ3n) is 3.30. The minimum absolute atomic E-state index is 0.138. The summed E-state index contributed by atoms with van der Waals surface area (Å²) in [6, 6.07) is 4.04. The van der Waals surface area contributed by atoms with Crippen molar-refractivity contribution in [2.45, 2.75) is 13.0 Å². The first-order valence-corrected chi connectivity index (χ1v) is 6.30. The maximum absolute atomic E-state index is 5.76. The van der Waals surface area contributed by atoms with Gasteiger partial charge in [-0.05, 0) is 37.2 Å². The summed E-state index contributed by atoms with van der Waals surface area (Å²) in [6.45, 7) is 2.70. The second-order valence-electron chi connectivity index (χ2n) is 4.44. The van der Waals surface area contributed by atoms with Crippen molar-refractivity contribution in [2.24, 2.45) is 11.7 Å². The lowest BCUT2D eigenvalue weighted by Crippen LogP contribution is -2.28. The van der Waals surface area contributed by atoms with Crippen LogP contribution in [0.15, 0.2) is 12.1 Å². The Kier molecular flexibility index (Phi) is 5.92. The molecule has 0 aromatic heterocycles. The lowest BCUT2D eigenvalue weighted by molar-refractivity contribution is 0.321. The van der Waals surface area contributed by atoms with Gasteiger partial charge in [0.25, 0.3) is 0 Å². The molecule has 5 heteroatoms. The molecule has 3 N–H and O–H groups in total. The summed E-state index contributed by atoms with van der Waals surface area (Å²) in [5, 5.41) is 3.28. The zero-order valence-electron chi connectivity index (χ0n) is 12.3. The number of hydrogen-bond donors (Lipinski definition) is 2. The van der Waals surface area contributed by atoms with E-state index in [-0.39, 0.29) is 6.04 Å². The van der Waals surface area contributed by atoms with Crippen LogP contribution in [0.5, 0.6) is 17.2 Å². The van der Waals surface area contributed by atoms with Crippen LogP contribution in [0.4, 0.5) is 0 Å². The van der Waals surface area contributed by atoms with Gasteiger partial charge in [-0.2, -0.15) is 0 Å². The fourth-order valence-electron chi connectivity index (χ4n) is 2.20. The van der Waals surface area contributed by atoms with E-state index in [0.717, 1.165) is 5.56 Å². The molecule has 0 spiro atoms. The van der Waals surface area contributed by atoms with Crippen molar-refractivity contribution >= 4 is 0 Å². The molecule has 1 aromatic rings. The molecule has 0 aliphatic heterocycles. The molecule has 0 amide bonds. The Bertz CT molecular complexity index is 385. The molecular formula is C14H24N2O3. The molecule has 108 valence electrons. The van der Waals surface area contributed by atoms with Crippen LogP contribution >= 0.6 is 0 Å². The highest BCUT2D eigenvalue weighted by atomic mass is 16.5. The Morgan fingerprint density at radius 2 is 1.63 bits per heavy atom. The summed E-state index contributed by atoms with van der Waals surface area (Å²) in [6.07, 6.45) is 0. The van der Waals surface area contributed by atoms with Gasteiger partial charge in [-0.25, -0.2) is 0 Å². The SMILES string of the molecule is CNC(c1cc(OC)c(OC)c(OC)c1)C(C)CN. The van der Waals surface area contributed by atoms with Crippen molar-refractivity contribution in [1.29, 1.82) is 0 Å². The number of nitrogens with two attached hydrogens (primary N) is 1. The van der Waals surface area contributed by atoms with Crippen molar-refractivity contribution in [2.75, 3.05) is 34.9 Å². The number of methoxy groups -OCH3 is 3. The van der Waals surface area contributed by atoms with E-state index in [0.29, 0.717) is 29.7 Å². The second-order valence-corrected chi connectivity index (χ2v) is 4.44. The van der Waals surface area contributed by atoms with Gasteiger partial charge in [0.1, 0.15) is 0 Å². The van der Waals surface area contributed by atoms with Gasteiger partial charge in [0.15, 0.2) is 11.5 Å². The number of nitrogens with one attached hydrogen (secondary N) is 1. The van der Waals surface area contributed by atoms with Crippen LogP contribution in [0.2, 0.25) is 0 Å². The Hall–Kier alpha value is -1.46. The normalized spacial score (nSPS) is 13.8. The van der Waals surface area contributed by atoms with Gasteiger partial charge in [-0.3, -0.25) is 0 Å². The van der Waals surface area contributed by atoms with Crippen LogP contribution in [0.25, 0.3) is 0 Å². The molecular weight excluding hydrogens is 244 g/mol. The summed E-state index contributed by atoms with van der Waals surface area (Å²) >= 11 is 0. The van der Waals surface area contributed by atoms with Gasteiger partial charge in [0, 0.05) is 6.04 Å². The molecule has 0 saturated carbocycles. The molecule has 0 saturated heterocycles. The molecule has 5 nitrogen and oxygen atoms in total. The van der Waals surface area contributed by atoms with Crippen LogP contribution in [-0.4, -0.2) is 34.9 Å². The first-order chi connectivity index (χ1) is 9.12. The number of ether oxygens (including phenoxy) is 3. The maximum atomic E-state index is 5.76. The van der Waals surface area contributed by atoms with Gasteiger partial charge in [-0.1, -0.05) is 6.92 Å². The molecule has 1 aromatic carbocycles. The van der Waals surface area contributed by atoms with E-state index in [1.807, 2.05) is 19.2 Å². The molecule has 0 heterocycles. The van der Waals surface area contributed by atoms with E-state index in [2.05, 4.69) is 12.2 Å². The first-order valence-electron chi connectivity index (χ1n) is 6.30. The van der Waals surface area contributed by atoms with Crippen LogP contribution in [0.1, 0.15) is 18.5 Å². The summed E-state index contributed by atoms with van der Waals surface area (Å²) < 4.78 is 16.0. The Labute approximate surface area is 115 Å². The number of hydrogen-bond acceptors (Lipinski definition) is 5. The van der Waals surface area contributed by atoms with E-state index in [4.69, 9.17) is 19.9 Å². The number of benzene rings is 1. The lowest BCUT2D eigenvalue weighted by Gasteiger charge is -2.24. The zero-order valence-corrected chi connectivity index (χ0v) is 12.3. The van der Waals surface area contributed by atoms with E-state index < -0.39 is 0 Å². The molecule has 0 aliphatic carbocycles. The van der Waals surface area contributed by atoms with E-state index >= 15 is 0 Å². The summed E-state index contributed by atoms with van der Waals surface area (Å²) in [5.41, 5.74) is 6.82. The zero-order chi connectivity index (χ0) is 14.4. The van der Waals surface area contributed by atoms with Gasteiger partial charge in [-0.15, -0.1) is 0 Å². The van der Waals surface area contributed by atoms with Gasteiger partial charge in [0.05, 0.1) is 21.3 Å². The fourth-order valence-corrected chi connectivity index (χ4v) is 2.20. The third kappa shape index (κ3) is 3.30. The Morgan fingerprint density at radius 3 is 1.95 bits per heavy atom. The first kappa shape index (κ1) is 15.6. The molecule has 0 radical (unpaired) electrons. The largest absolute Gasteiger partial charge is 0.493 e. The average Bonchev–Trinajstić information content (AvgIpc) is 2.46. The lowest BCUT2D eigenvalue weighted by atomic mass is 9.94. The van der Waals surface area contributed by atoms with Crippen LogP contribution in [-0.2, 0) is 0 Å². The van der Waals surface area contributed by atoms with E-state index in [1.54, 1.807) is 21.3 Å². The molecule has 0 fully saturated rings. The highest BCUT2D eigenvalue weighted by molar-refractivity contribution is 5.54. The van der Waals surface area contributed by atoms with Crippen molar-refractivity contribution < 1.29 is 14.2 Å². The van der Waals surface area contributed by atoms with Crippen LogP contribution in [0.3, 0.4) is 0 Å². The van der Waals surface area contributed by atoms with E-state index in [1.165, 1.54) is 0 Å². The second kappa shape index (κ2) is 7.21. The van der Waals surface area contributed by atoms with Gasteiger partial charge < -0.3 is 25.3 Å². The molecule has 0 aliphatic rings. The van der Waals surface area contributed by atoms with Crippen molar-refractivity contribution in [3.05, 3.63) is 17.7 Å². The summed E-state index contributed by atoms with van der Waals surface area (Å²) in [7, 11) is 6.74. The maximum Gasteiger partial charge on any atom is 0.203 e. The van der Waals surface area contributed by atoms with Crippen molar-refractivity contribution in [3.8, 4) is 17.2 Å². The summed E-state index contributed by atoms with van der Waals surface area (Å²) in [4.78, 5) is 0. The highest BCUT2D eigenvalue weighted by Crippen LogP contribution is 2.40. The van der Waals surface area contributed by atoms with E-state index in [9.17, 15) is 0 Å². The Balaban J connectivity index is 3.28. The smallest absolute Gasteiger partial charge is 0.203 e. The predicted octanol–water partition coefficient (Wildman–Crippen LogP) is 1.57.